The van der Waals surface area contributed by atoms with E-state index in [0.717, 1.165) is 18.4 Å². The predicted octanol–water partition coefficient (Wildman–Crippen LogP) is 5.16. The Bertz CT molecular complexity index is 1190. The number of rotatable bonds is 2. The SMILES string of the molecule is C=C(C)[C@@H]1C[C@@H](c2c(O)cc3oc4c(O)cccc4c(=O)c3c2O)C(C)(C)C1. The second-order valence-electron chi connectivity index (χ2n) is 8.64. The summed E-state index contributed by atoms with van der Waals surface area (Å²) >= 11 is 0. The van der Waals surface area contributed by atoms with Gasteiger partial charge in [0.1, 0.15) is 22.5 Å². The van der Waals surface area contributed by atoms with Gasteiger partial charge in [0.2, 0.25) is 5.43 Å². The molecule has 4 rings (SSSR count). The van der Waals surface area contributed by atoms with Crippen LogP contribution in [0.1, 0.15) is 45.1 Å². The van der Waals surface area contributed by atoms with E-state index < -0.39 is 5.43 Å². The highest BCUT2D eigenvalue weighted by Gasteiger charge is 2.44. The Hall–Kier alpha value is -2.95. The van der Waals surface area contributed by atoms with Crippen molar-refractivity contribution in [3.63, 3.8) is 0 Å². The maximum atomic E-state index is 13.0. The highest BCUT2D eigenvalue weighted by molar-refractivity contribution is 5.96. The summed E-state index contributed by atoms with van der Waals surface area (Å²) in [5.41, 5.74) is 0.935. The first-order valence-electron chi connectivity index (χ1n) is 9.40. The van der Waals surface area contributed by atoms with Crippen LogP contribution in [0.3, 0.4) is 0 Å². The molecule has 3 N–H and O–H groups in total. The van der Waals surface area contributed by atoms with Crippen LogP contribution in [0.4, 0.5) is 0 Å². The second-order valence-corrected chi connectivity index (χ2v) is 8.64. The van der Waals surface area contributed by atoms with E-state index in [4.69, 9.17) is 4.42 Å². The summed E-state index contributed by atoms with van der Waals surface area (Å²) in [5.74, 6) is -0.351. The fourth-order valence-corrected chi connectivity index (χ4v) is 4.69. The van der Waals surface area contributed by atoms with Gasteiger partial charge in [-0.3, -0.25) is 4.79 Å². The van der Waals surface area contributed by atoms with Crippen molar-refractivity contribution in [3.8, 4) is 17.2 Å². The maximum Gasteiger partial charge on any atom is 0.204 e. The lowest BCUT2D eigenvalue weighted by Crippen LogP contribution is -2.16. The lowest BCUT2D eigenvalue weighted by atomic mass is 9.76. The third-order valence-corrected chi connectivity index (χ3v) is 6.24. The van der Waals surface area contributed by atoms with Crippen molar-refractivity contribution in [2.24, 2.45) is 11.3 Å². The molecule has 146 valence electrons. The predicted molar refractivity (Wildman–Crippen MR) is 109 cm³/mol. The van der Waals surface area contributed by atoms with Crippen molar-refractivity contribution >= 4 is 21.9 Å². The molecule has 2 aromatic carbocycles. The van der Waals surface area contributed by atoms with Gasteiger partial charge in [0, 0.05) is 11.6 Å². The zero-order valence-corrected chi connectivity index (χ0v) is 16.2. The van der Waals surface area contributed by atoms with Crippen molar-refractivity contribution in [2.45, 2.75) is 39.5 Å². The van der Waals surface area contributed by atoms with Gasteiger partial charge in [-0.25, -0.2) is 0 Å². The summed E-state index contributed by atoms with van der Waals surface area (Å²) in [6.45, 7) is 10.3. The van der Waals surface area contributed by atoms with Gasteiger partial charge >= 0.3 is 0 Å². The van der Waals surface area contributed by atoms with Crippen molar-refractivity contribution < 1.29 is 19.7 Å². The standard InChI is InChI=1S/C23H24O5/c1-11(2)12-8-14(23(3,4)10-12)18-16(25)9-17-19(21(18)27)20(26)13-6-5-7-15(24)22(13)28-17/h5-7,9,12,14,24-25,27H,1,8,10H2,2-4H3/t12-,14+/m1/s1. The van der Waals surface area contributed by atoms with E-state index in [-0.39, 0.29) is 50.5 Å². The summed E-state index contributed by atoms with van der Waals surface area (Å²) in [4.78, 5) is 13.0. The lowest BCUT2D eigenvalue weighted by Gasteiger charge is -2.28. The van der Waals surface area contributed by atoms with Gasteiger partial charge < -0.3 is 19.7 Å². The number of para-hydroxylation sites is 1. The minimum absolute atomic E-state index is 0.0282. The molecule has 5 heteroatoms. The third kappa shape index (κ3) is 2.57. The van der Waals surface area contributed by atoms with Gasteiger partial charge in [-0.15, -0.1) is 0 Å². The summed E-state index contributed by atoms with van der Waals surface area (Å²) in [6.07, 6.45) is 1.64. The molecule has 0 bridgehead atoms. The largest absolute Gasteiger partial charge is 0.507 e. The fourth-order valence-electron chi connectivity index (χ4n) is 4.69. The first kappa shape index (κ1) is 18.4. The average Bonchev–Trinajstić information content (AvgIpc) is 2.91. The monoisotopic (exact) mass is 380 g/mol. The van der Waals surface area contributed by atoms with Gasteiger partial charge in [-0.2, -0.15) is 0 Å². The minimum Gasteiger partial charge on any atom is -0.507 e. The van der Waals surface area contributed by atoms with Crippen molar-refractivity contribution in [1.82, 2.24) is 0 Å². The molecule has 28 heavy (non-hydrogen) atoms. The molecule has 3 aromatic rings. The van der Waals surface area contributed by atoms with Crippen molar-refractivity contribution in [2.75, 3.05) is 0 Å². The zero-order chi connectivity index (χ0) is 20.4. The van der Waals surface area contributed by atoms with Crippen LogP contribution in [-0.4, -0.2) is 15.3 Å². The molecule has 1 saturated carbocycles. The molecule has 1 fully saturated rings. The smallest absolute Gasteiger partial charge is 0.204 e. The molecule has 2 atom stereocenters. The molecule has 0 amide bonds. The number of hydrogen-bond acceptors (Lipinski definition) is 5. The lowest BCUT2D eigenvalue weighted by molar-refractivity contribution is 0.311. The quantitative estimate of drug-likeness (QED) is 0.422. The van der Waals surface area contributed by atoms with Gasteiger partial charge in [0.05, 0.1) is 5.39 Å². The van der Waals surface area contributed by atoms with Crippen LogP contribution < -0.4 is 5.43 Å². The van der Waals surface area contributed by atoms with Crippen LogP contribution in [0, 0.1) is 11.3 Å². The van der Waals surface area contributed by atoms with Gasteiger partial charge in [0.15, 0.2) is 11.3 Å². The van der Waals surface area contributed by atoms with Crippen LogP contribution in [0.2, 0.25) is 0 Å². The topological polar surface area (TPSA) is 90.9 Å². The fraction of sp³-hybridized carbons (Fsp3) is 0.348. The first-order valence-corrected chi connectivity index (χ1v) is 9.40. The Morgan fingerprint density at radius 2 is 1.93 bits per heavy atom. The molecular formula is C23H24O5. The van der Waals surface area contributed by atoms with Gasteiger partial charge in [-0.1, -0.05) is 32.1 Å². The number of hydrogen-bond donors (Lipinski definition) is 3. The molecular weight excluding hydrogens is 356 g/mol. The summed E-state index contributed by atoms with van der Waals surface area (Å²) in [7, 11) is 0. The summed E-state index contributed by atoms with van der Waals surface area (Å²) in [5, 5.41) is 32.0. The number of benzene rings is 2. The Balaban J connectivity index is 2.01. The Morgan fingerprint density at radius 3 is 2.57 bits per heavy atom. The number of phenols is 3. The van der Waals surface area contributed by atoms with E-state index >= 15 is 0 Å². The van der Waals surface area contributed by atoms with Crippen LogP contribution in [0.5, 0.6) is 17.2 Å². The second kappa shape index (κ2) is 6.03. The molecule has 0 unspecified atom stereocenters. The van der Waals surface area contributed by atoms with E-state index in [9.17, 15) is 20.1 Å². The summed E-state index contributed by atoms with van der Waals surface area (Å²) in [6, 6.07) is 5.88. The molecule has 0 saturated heterocycles. The highest BCUT2D eigenvalue weighted by atomic mass is 16.4. The Morgan fingerprint density at radius 1 is 1.21 bits per heavy atom. The third-order valence-electron chi connectivity index (χ3n) is 6.24. The molecule has 1 heterocycles. The average molecular weight is 380 g/mol. The van der Waals surface area contributed by atoms with Gasteiger partial charge in [0.25, 0.3) is 0 Å². The minimum atomic E-state index is -0.432. The van der Waals surface area contributed by atoms with Crippen molar-refractivity contribution in [1.29, 1.82) is 0 Å². The van der Waals surface area contributed by atoms with Crippen LogP contribution in [0.15, 0.2) is 45.6 Å². The Labute approximate surface area is 162 Å². The first-order chi connectivity index (χ1) is 13.1. The Kier molecular flexibility index (Phi) is 3.96. The molecule has 1 aliphatic rings. The van der Waals surface area contributed by atoms with E-state index in [2.05, 4.69) is 20.4 Å². The highest BCUT2D eigenvalue weighted by Crippen LogP contribution is 2.57. The number of aromatic hydroxyl groups is 3. The number of allylic oxidation sites excluding steroid dienone is 1. The molecule has 0 aliphatic heterocycles. The summed E-state index contributed by atoms with van der Waals surface area (Å²) < 4.78 is 5.66. The normalized spacial score (nSPS) is 21.4. The molecule has 0 spiro atoms. The van der Waals surface area contributed by atoms with Crippen LogP contribution in [0.25, 0.3) is 21.9 Å². The molecule has 0 radical (unpaired) electrons. The molecule has 1 aliphatic carbocycles. The van der Waals surface area contributed by atoms with Crippen LogP contribution in [-0.2, 0) is 0 Å². The van der Waals surface area contributed by atoms with E-state index in [1.807, 2.05) is 6.92 Å². The van der Waals surface area contributed by atoms with E-state index in [1.54, 1.807) is 12.1 Å². The number of phenolic OH excluding ortho intramolecular Hbond substituents is 3. The van der Waals surface area contributed by atoms with Crippen LogP contribution >= 0.6 is 0 Å². The maximum absolute atomic E-state index is 13.0. The zero-order valence-electron chi connectivity index (χ0n) is 16.2. The van der Waals surface area contributed by atoms with Crippen molar-refractivity contribution in [3.05, 3.63) is 52.2 Å². The van der Waals surface area contributed by atoms with E-state index in [1.165, 1.54) is 12.1 Å². The van der Waals surface area contributed by atoms with E-state index in [0.29, 0.717) is 11.5 Å². The molecule has 1 aromatic heterocycles. The number of fused-ring (bicyclic) bond motifs is 2. The molecule has 5 nitrogen and oxygen atoms in total. The van der Waals surface area contributed by atoms with Gasteiger partial charge in [-0.05, 0) is 49.1 Å².